The molecule has 0 bridgehead atoms. The Morgan fingerprint density at radius 1 is 1.21 bits per heavy atom. The minimum Gasteiger partial charge on any atom is -0.281 e. The number of anilines is 1. The fraction of sp³-hybridized carbons (Fsp3) is 0.300. The van der Waals surface area contributed by atoms with Gasteiger partial charge in [0.15, 0.2) is 5.13 Å². The van der Waals surface area contributed by atoms with Crippen molar-refractivity contribution in [2.24, 2.45) is 0 Å². The third-order valence-electron chi connectivity index (χ3n) is 4.64. The summed E-state index contributed by atoms with van der Waals surface area (Å²) >= 11 is 1.54. The second-order valence-corrected chi connectivity index (χ2v) is 7.69. The molecule has 0 radical (unpaired) electrons. The van der Waals surface area contributed by atoms with Crippen LogP contribution >= 0.6 is 11.3 Å². The zero-order chi connectivity index (χ0) is 19.7. The number of aromatic nitrogens is 5. The second-order valence-electron chi connectivity index (χ2n) is 6.68. The van der Waals surface area contributed by atoms with Gasteiger partial charge in [0.2, 0.25) is 0 Å². The van der Waals surface area contributed by atoms with Crippen molar-refractivity contribution < 1.29 is 4.79 Å². The first-order valence-electron chi connectivity index (χ1n) is 9.25. The van der Waals surface area contributed by atoms with Crippen molar-refractivity contribution in [3.63, 3.8) is 0 Å². The van der Waals surface area contributed by atoms with E-state index in [-0.39, 0.29) is 5.91 Å². The molecule has 0 saturated carbocycles. The van der Waals surface area contributed by atoms with Crippen molar-refractivity contribution >= 4 is 32.6 Å². The van der Waals surface area contributed by atoms with Crippen molar-refractivity contribution in [3.8, 4) is 0 Å². The van der Waals surface area contributed by atoms with Crippen LogP contribution in [0, 0.1) is 13.8 Å². The molecule has 1 aromatic carbocycles. The van der Waals surface area contributed by atoms with E-state index in [4.69, 9.17) is 4.98 Å². The molecule has 0 fully saturated rings. The van der Waals surface area contributed by atoms with Gasteiger partial charge in [-0.15, -0.1) is 0 Å². The molecule has 1 amide bonds. The molecule has 8 heteroatoms. The summed E-state index contributed by atoms with van der Waals surface area (Å²) in [4.78, 5) is 19.9. The molecule has 0 N–H and O–H groups in total. The number of carbonyl (C=O) groups is 1. The van der Waals surface area contributed by atoms with E-state index in [9.17, 15) is 4.79 Å². The van der Waals surface area contributed by atoms with Crippen molar-refractivity contribution in [1.82, 2.24) is 24.5 Å². The van der Waals surface area contributed by atoms with Crippen LogP contribution in [0.25, 0.3) is 10.2 Å². The highest BCUT2D eigenvalue weighted by molar-refractivity contribution is 7.22. The number of amides is 1. The van der Waals surface area contributed by atoms with Gasteiger partial charge in [0.1, 0.15) is 5.69 Å². The van der Waals surface area contributed by atoms with Crippen LogP contribution in [-0.2, 0) is 13.1 Å². The lowest BCUT2D eigenvalue weighted by molar-refractivity contribution is 0.0975. The van der Waals surface area contributed by atoms with Gasteiger partial charge in [-0.05, 0) is 50.1 Å². The number of hydrogen-bond acceptors (Lipinski definition) is 5. The number of thiazole rings is 1. The Morgan fingerprint density at radius 3 is 2.82 bits per heavy atom. The number of carbonyl (C=O) groups excluding carboxylic acids is 1. The first-order chi connectivity index (χ1) is 13.6. The Balaban J connectivity index is 1.74. The predicted octanol–water partition coefficient (Wildman–Crippen LogP) is 3.67. The molecule has 0 aliphatic rings. The molecule has 0 atom stereocenters. The standard InChI is InChI=1S/C20H22N6OS/c1-4-26-16(6-8-22-26)19(27)25(11-10-24-9-5-7-21-24)20-23-18-15(3)12-14(2)13-17(18)28-20/h5-9,12-13H,4,10-11H2,1-3H3. The minimum absolute atomic E-state index is 0.0973. The van der Waals surface area contributed by atoms with Gasteiger partial charge in [-0.3, -0.25) is 19.1 Å². The summed E-state index contributed by atoms with van der Waals surface area (Å²) in [5.41, 5.74) is 3.83. The van der Waals surface area contributed by atoms with Gasteiger partial charge in [0, 0.05) is 31.7 Å². The predicted molar refractivity (Wildman–Crippen MR) is 111 cm³/mol. The molecule has 3 heterocycles. The maximum absolute atomic E-state index is 13.4. The van der Waals surface area contributed by atoms with E-state index in [1.807, 2.05) is 23.9 Å². The van der Waals surface area contributed by atoms with Crippen LogP contribution in [0.1, 0.15) is 28.5 Å². The normalized spacial score (nSPS) is 11.2. The summed E-state index contributed by atoms with van der Waals surface area (Å²) in [6, 6.07) is 7.88. The van der Waals surface area contributed by atoms with Crippen LogP contribution in [0.4, 0.5) is 5.13 Å². The molecule has 3 aromatic heterocycles. The Bertz CT molecular complexity index is 1110. The third-order valence-corrected chi connectivity index (χ3v) is 5.67. The van der Waals surface area contributed by atoms with E-state index < -0.39 is 0 Å². The number of aryl methyl sites for hydroxylation is 3. The smallest absolute Gasteiger partial charge is 0.278 e. The molecule has 144 valence electrons. The largest absolute Gasteiger partial charge is 0.281 e. The van der Waals surface area contributed by atoms with Gasteiger partial charge in [-0.1, -0.05) is 17.4 Å². The minimum atomic E-state index is -0.0973. The second kappa shape index (κ2) is 7.55. The highest BCUT2D eigenvalue weighted by atomic mass is 32.1. The van der Waals surface area contributed by atoms with Crippen LogP contribution < -0.4 is 4.90 Å². The third kappa shape index (κ3) is 3.43. The molecule has 0 unspecified atom stereocenters. The van der Waals surface area contributed by atoms with Crippen molar-refractivity contribution in [3.05, 3.63) is 59.7 Å². The lowest BCUT2D eigenvalue weighted by Crippen LogP contribution is -2.35. The highest BCUT2D eigenvalue weighted by Crippen LogP contribution is 2.32. The summed E-state index contributed by atoms with van der Waals surface area (Å²) < 4.78 is 4.62. The van der Waals surface area contributed by atoms with Crippen LogP contribution in [-0.4, -0.2) is 37.0 Å². The lowest BCUT2D eigenvalue weighted by Gasteiger charge is -2.20. The summed E-state index contributed by atoms with van der Waals surface area (Å²) in [6.45, 7) is 7.81. The number of fused-ring (bicyclic) bond motifs is 1. The van der Waals surface area contributed by atoms with E-state index in [0.717, 1.165) is 15.8 Å². The topological polar surface area (TPSA) is 68.8 Å². The number of hydrogen-bond donors (Lipinski definition) is 0. The summed E-state index contributed by atoms with van der Waals surface area (Å²) in [5, 5.41) is 9.19. The fourth-order valence-corrected chi connectivity index (χ4v) is 4.46. The van der Waals surface area contributed by atoms with Crippen molar-refractivity contribution in [2.75, 3.05) is 11.4 Å². The van der Waals surface area contributed by atoms with E-state index in [0.29, 0.717) is 30.5 Å². The Labute approximate surface area is 167 Å². The fourth-order valence-electron chi connectivity index (χ4n) is 3.30. The average Bonchev–Trinajstić information content (AvgIpc) is 3.41. The molecule has 0 aliphatic carbocycles. The Kier molecular flexibility index (Phi) is 4.95. The molecule has 28 heavy (non-hydrogen) atoms. The van der Waals surface area contributed by atoms with Gasteiger partial charge in [0.25, 0.3) is 5.91 Å². The van der Waals surface area contributed by atoms with Crippen molar-refractivity contribution in [2.45, 2.75) is 33.9 Å². The first-order valence-corrected chi connectivity index (χ1v) is 10.1. The Hall–Kier alpha value is -3.00. The molecule has 0 aliphatic heterocycles. The van der Waals surface area contributed by atoms with Gasteiger partial charge in [-0.2, -0.15) is 10.2 Å². The first kappa shape index (κ1) is 18.4. The van der Waals surface area contributed by atoms with Crippen LogP contribution in [0.2, 0.25) is 0 Å². The zero-order valence-corrected chi connectivity index (χ0v) is 17.0. The molecular weight excluding hydrogens is 372 g/mol. The average molecular weight is 395 g/mol. The molecular formula is C20H22N6OS. The lowest BCUT2D eigenvalue weighted by atomic mass is 10.1. The summed E-state index contributed by atoms with van der Waals surface area (Å²) in [6.07, 6.45) is 5.29. The van der Waals surface area contributed by atoms with Gasteiger partial charge in [-0.25, -0.2) is 4.98 Å². The van der Waals surface area contributed by atoms with Gasteiger partial charge >= 0.3 is 0 Å². The monoisotopic (exact) mass is 394 g/mol. The Morgan fingerprint density at radius 2 is 2.07 bits per heavy atom. The molecule has 0 saturated heterocycles. The van der Waals surface area contributed by atoms with Crippen LogP contribution in [0.3, 0.4) is 0 Å². The van der Waals surface area contributed by atoms with E-state index >= 15 is 0 Å². The quantitative estimate of drug-likeness (QED) is 0.500. The number of benzene rings is 1. The van der Waals surface area contributed by atoms with Crippen LogP contribution in [0.15, 0.2) is 42.9 Å². The van der Waals surface area contributed by atoms with E-state index in [1.165, 1.54) is 5.56 Å². The van der Waals surface area contributed by atoms with E-state index in [2.05, 4.69) is 36.2 Å². The zero-order valence-electron chi connectivity index (χ0n) is 16.2. The maximum atomic E-state index is 13.4. The molecule has 0 spiro atoms. The number of nitrogens with zero attached hydrogens (tertiary/aromatic N) is 6. The van der Waals surface area contributed by atoms with Gasteiger partial charge in [0.05, 0.1) is 16.8 Å². The maximum Gasteiger partial charge on any atom is 0.278 e. The summed E-state index contributed by atoms with van der Waals surface area (Å²) in [5.74, 6) is -0.0973. The molecule has 4 rings (SSSR count). The highest BCUT2D eigenvalue weighted by Gasteiger charge is 2.24. The van der Waals surface area contributed by atoms with Crippen molar-refractivity contribution in [1.29, 1.82) is 0 Å². The van der Waals surface area contributed by atoms with Crippen LogP contribution in [0.5, 0.6) is 0 Å². The number of rotatable bonds is 6. The SMILES string of the molecule is CCn1nccc1C(=O)N(CCn1cccn1)c1nc2c(C)cc(C)cc2s1. The molecule has 4 aromatic rings. The van der Waals surface area contributed by atoms with Gasteiger partial charge < -0.3 is 0 Å². The summed E-state index contributed by atoms with van der Waals surface area (Å²) in [7, 11) is 0. The molecule has 7 nitrogen and oxygen atoms in total. The van der Waals surface area contributed by atoms with E-state index in [1.54, 1.807) is 39.4 Å².